The summed E-state index contributed by atoms with van der Waals surface area (Å²) in [6, 6.07) is -0.174. The molecule has 11 heavy (non-hydrogen) atoms. The normalized spacial score (nSPS) is 23.2. The van der Waals surface area contributed by atoms with E-state index in [1.807, 2.05) is 6.08 Å². The van der Waals surface area contributed by atoms with Gasteiger partial charge in [0.1, 0.15) is 6.04 Å². The minimum absolute atomic E-state index is 0.174. The molecule has 0 aliphatic carbocycles. The molecule has 3 N–H and O–H groups in total. The lowest BCUT2D eigenvalue weighted by Gasteiger charge is -2.11. The second-order valence-electron chi connectivity index (χ2n) is 3.15. The van der Waals surface area contributed by atoms with E-state index in [1.54, 1.807) is 0 Å². The summed E-state index contributed by atoms with van der Waals surface area (Å²) in [7, 11) is 0. The molecule has 0 aromatic carbocycles. The number of carbonyl (C=O) groups excluding carboxylic acids is 1. The van der Waals surface area contributed by atoms with Crippen molar-refractivity contribution in [3.8, 4) is 0 Å². The molecule has 1 aliphatic heterocycles. The molecule has 0 aromatic rings. The van der Waals surface area contributed by atoms with Gasteiger partial charge in [-0.05, 0) is 12.3 Å². The van der Waals surface area contributed by atoms with Crippen LogP contribution in [-0.4, -0.2) is 11.9 Å². The Bertz CT molecular complexity index is 196. The zero-order chi connectivity index (χ0) is 8.43. The molecule has 1 amide bonds. The van der Waals surface area contributed by atoms with Gasteiger partial charge < -0.3 is 11.1 Å². The number of carbonyl (C=O) groups is 1. The van der Waals surface area contributed by atoms with Crippen molar-refractivity contribution >= 4 is 5.91 Å². The van der Waals surface area contributed by atoms with Crippen LogP contribution in [0.3, 0.4) is 0 Å². The van der Waals surface area contributed by atoms with Crippen LogP contribution < -0.4 is 11.1 Å². The molecule has 1 unspecified atom stereocenters. The molecule has 62 valence electrons. The SMILES string of the molecule is CC(C)C1=CCC(C(N)=O)N1. The van der Waals surface area contributed by atoms with Crippen LogP contribution in [0.5, 0.6) is 0 Å². The van der Waals surface area contributed by atoms with Gasteiger partial charge in [0.2, 0.25) is 5.91 Å². The summed E-state index contributed by atoms with van der Waals surface area (Å²) in [6.07, 6.45) is 2.78. The number of rotatable bonds is 2. The smallest absolute Gasteiger partial charge is 0.240 e. The topological polar surface area (TPSA) is 55.1 Å². The van der Waals surface area contributed by atoms with E-state index in [4.69, 9.17) is 5.73 Å². The molecule has 0 fully saturated rings. The minimum atomic E-state index is -0.267. The maximum atomic E-state index is 10.7. The van der Waals surface area contributed by atoms with E-state index in [1.165, 1.54) is 0 Å². The predicted molar refractivity (Wildman–Crippen MR) is 43.7 cm³/mol. The van der Waals surface area contributed by atoms with Crippen molar-refractivity contribution in [1.82, 2.24) is 5.32 Å². The fourth-order valence-corrected chi connectivity index (χ4v) is 1.15. The standard InChI is InChI=1S/C8H14N2O/c1-5(2)6-3-4-7(10-6)8(9)11/h3,5,7,10H,4H2,1-2H3,(H2,9,11). The number of hydrogen-bond acceptors (Lipinski definition) is 2. The zero-order valence-electron chi connectivity index (χ0n) is 6.92. The number of amides is 1. The molecule has 0 radical (unpaired) electrons. The van der Waals surface area contributed by atoms with Crippen molar-refractivity contribution in [3.63, 3.8) is 0 Å². The zero-order valence-corrected chi connectivity index (χ0v) is 6.92. The maximum absolute atomic E-state index is 10.7. The highest BCUT2D eigenvalue weighted by atomic mass is 16.1. The summed E-state index contributed by atoms with van der Waals surface area (Å²) >= 11 is 0. The first-order valence-corrected chi connectivity index (χ1v) is 3.87. The number of nitrogens with two attached hydrogens (primary N) is 1. The van der Waals surface area contributed by atoms with Crippen molar-refractivity contribution in [2.45, 2.75) is 26.3 Å². The maximum Gasteiger partial charge on any atom is 0.240 e. The third-order valence-electron chi connectivity index (χ3n) is 1.88. The highest BCUT2D eigenvalue weighted by Gasteiger charge is 2.21. The van der Waals surface area contributed by atoms with Gasteiger partial charge in [0.05, 0.1) is 0 Å². The third kappa shape index (κ3) is 1.73. The molecule has 0 saturated heterocycles. The molecule has 0 aromatic heterocycles. The fraction of sp³-hybridized carbons (Fsp3) is 0.625. The van der Waals surface area contributed by atoms with E-state index in [0.717, 1.165) is 12.1 Å². The van der Waals surface area contributed by atoms with Crippen LogP contribution in [-0.2, 0) is 4.79 Å². The van der Waals surface area contributed by atoms with Crippen molar-refractivity contribution in [1.29, 1.82) is 0 Å². The van der Waals surface area contributed by atoms with Gasteiger partial charge in [-0.2, -0.15) is 0 Å². The Kier molecular flexibility index (Phi) is 2.17. The van der Waals surface area contributed by atoms with Gasteiger partial charge in [0, 0.05) is 5.70 Å². The summed E-state index contributed by atoms with van der Waals surface area (Å²) < 4.78 is 0. The molecular formula is C8H14N2O. The first kappa shape index (κ1) is 8.11. The van der Waals surface area contributed by atoms with E-state index in [0.29, 0.717) is 5.92 Å². The summed E-state index contributed by atoms with van der Waals surface area (Å²) in [5.74, 6) is 0.191. The van der Waals surface area contributed by atoms with E-state index in [-0.39, 0.29) is 11.9 Å². The van der Waals surface area contributed by atoms with E-state index < -0.39 is 0 Å². The quantitative estimate of drug-likeness (QED) is 0.604. The Balaban J connectivity index is 2.49. The average Bonchev–Trinajstić information content (AvgIpc) is 2.33. The Hall–Kier alpha value is -0.990. The molecule has 1 atom stereocenters. The summed E-state index contributed by atoms with van der Waals surface area (Å²) in [5, 5.41) is 3.08. The van der Waals surface area contributed by atoms with Gasteiger partial charge in [-0.25, -0.2) is 0 Å². The molecular weight excluding hydrogens is 140 g/mol. The second-order valence-corrected chi connectivity index (χ2v) is 3.15. The van der Waals surface area contributed by atoms with Crippen LogP contribution >= 0.6 is 0 Å². The van der Waals surface area contributed by atoms with Crippen LogP contribution in [0.2, 0.25) is 0 Å². The van der Waals surface area contributed by atoms with Gasteiger partial charge in [0.15, 0.2) is 0 Å². The third-order valence-corrected chi connectivity index (χ3v) is 1.88. The second kappa shape index (κ2) is 2.95. The summed E-state index contributed by atoms with van der Waals surface area (Å²) in [6.45, 7) is 4.17. The lowest BCUT2D eigenvalue weighted by Crippen LogP contribution is -2.37. The van der Waals surface area contributed by atoms with Crippen LogP contribution in [0, 0.1) is 5.92 Å². The fourth-order valence-electron chi connectivity index (χ4n) is 1.15. The van der Waals surface area contributed by atoms with Crippen molar-refractivity contribution in [2.75, 3.05) is 0 Å². The molecule has 0 spiro atoms. The minimum Gasteiger partial charge on any atom is -0.377 e. The van der Waals surface area contributed by atoms with E-state index in [9.17, 15) is 4.79 Å². The molecule has 1 aliphatic rings. The monoisotopic (exact) mass is 154 g/mol. The largest absolute Gasteiger partial charge is 0.377 e. The predicted octanol–water partition coefficient (Wildman–Crippen LogP) is 0.374. The van der Waals surface area contributed by atoms with Crippen molar-refractivity contribution < 1.29 is 4.79 Å². The number of nitrogens with one attached hydrogen (secondary N) is 1. The molecule has 0 saturated carbocycles. The van der Waals surface area contributed by atoms with E-state index >= 15 is 0 Å². The first-order valence-electron chi connectivity index (χ1n) is 3.87. The highest BCUT2D eigenvalue weighted by Crippen LogP contribution is 2.15. The highest BCUT2D eigenvalue weighted by molar-refractivity contribution is 5.80. The molecule has 1 rings (SSSR count). The molecule has 3 nitrogen and oxygen atoms in total. The Labute approximate surface area is 66.6 Å². The van der Waals surface area contributed by atoms with Gasteiger partial charge >= 0.3 is 0 Å². The molecule has 0 bridgehead atoms. The van der Waals surface area contributed by atoms with E-state index in [2.05, 4.69) is 19.2 Å². The Morgan fingerprint density at radius 3 is 2.73 bits per heavy atom. The van der Waals surface area contributed by atoms with Gasteiger partial charge in [0.25, 0.3) is 0 Å². The van der Waals surface area contributed by atoms with Crippen LogP contribution in [0.1, 0.15) is 20.3 Å². The number of hydrogen-bond donors (Lipinski definition) is 2. The Morgan fingerprint density at radius 1 is 1.82 bits per heavy atom. The van der Waals surface area contributed by atoms with Gasteiger partial charge in [-0.3, -0.25) is 4.79 Å². The van der Waals surface area contributed by atoms with Gasteiger partial charge in [-0.15, -0.1) is 0 Å². The van der Waals surface area contributed by atoms with Crippen LogP contribution in [0.4, 0.5) is 0 Å². The Morgan fingerprint density at radius 2 is 2.45 bits per heavy atom. The summed E-state index contributed by atoms with van der Waals surface area (Å²) in [5.41, 5.74) is 6.26. The lowest BCUT2D eigenvalue weighted by molar-refractivity contribution is -0.119. The molecule has 1 heterocycles. The number of allylic oxidation sites excluding steroid dienone is 1. The lowest BCUT2D eigenvalue weighted by atomic mass is 10.1. The van der Waals surface area contributed by atoms with Crippen molar-refractivity contribution in [3.05, 3.63) is 11.8 Å². The summed E-state index contributed by atoms with van der Waals surface area (Å²) in [4.78, 5) is 10.7. The van der Waals surface area contributed by atoms with Crippen LogP contribution in [0.25, 0.3) is 0 Å². The number of primary amides is 1. The molecule has 3 heteroatoms. The van der Waals surface area contributed by atoms with Gasteiger partial charge in [-0.1, -0.05) is 19.9 Å². The first-order chi connectivity index (χ1) is 5.11. The van der Waals surface area contributed by atoms with Crippen LogP contribution in [0.15, 0.2) is 11.8 Å². The average molecular weight is 154 g/mol. The van der Waals surface area contributed by atoms with Crippen molar-refractivity contribution in [2.24, 2.45) is 11.7 Å².